The third-order valence-electron chi connectivity index (χ3n) is 14.1. The van der Waals surface area contributed by atoms with Gasteiger partial charge in [-0.2, -0.15) is 26.3 Å². The molecule has 8 rings (SSSR count). The van der Waals surface area contributed by atoms with E-state index in [0.29, 0.717) is 74.8 Å². The predicted octanol–water partition coefficient (Wildman–Crippen LogP) is 12.3. The number of amides is 2. The van der Waals surface area contributed by atoms with Crippen LogP contribution in [0.2, 0.25) is 0 Å². The van der Waals surface area contributed by atoms with Crippen LogP contribution in [0.1, 0.15) is 131 Å². The number of halogens is 7. The second-order valence-electron chi connectivity index (χ2n) is 20.4. The Hall–Kier alpha value is -5.85. The van der Waals surface area contributed by atoms with Crippen molar-refractivity contribution in [1.29, 1.82) is 0 Å². The van der Waals surface area contributed by atoms with Gasteiger partial charge in [0.1, 0.15) is 18.1 Å². The average Bonchev–Trinajstić information content (AvgIpc) is 4.04. The van der Waals surface area contributed by atoms with Crippen LogP contribution in [0.3, 0.4) is 0 Å². The lowest BCUT2D eigenvalue weighted by Gasteiger charge is -2.32. The first-order chi connectivity index (χ1) is 36.5. The van der Waals surface area contributed by atoms with Gasteiger partial charge in [0, 0.05) is 43.4 Å². The summed E-state index contributed by atoms with van der Waals surface area (Å²) in [4.78, 5) is 57.4. The quantitative estimate of drug-likeness (QED) is 0.0740. The fourth-order valence-corrected chi connectivity index (χ4v) is 10.4. The smallest absolute Gasteiger partial charge is 0.416 e. The Bertz CT molecular complexity index is 2680. The molecule has 2 atom stereocenters. The number of anilines is 2. The van der Waals surface area contributed by atoms with Gasteiger partial charge in [-0.3, -0.25) is 29.0 Å². The Balaban J connectivity index is 0.000000238. The number of phenols is 1. The number of fused-ring (bicyclic) bond motifs is 2. The number of ether oxygens (including phenoxy) is 3. The number of carbonyl (C=O) groups is 4. The minimum absolute atomic E-state index is 0. The van der Waals surface area contributed by atoms with Gasteiger partial charge in [-0.25, -0.2) is 0 Å². The number of aromatic hydroxyl groups is 1. The highest BCUT2D eigenvalue weighted by molar-refractivity contribution is 6.17. The third kappa shape index (κ3) is 16.8. The maximum atomic E-state index is 13.5. The van der Waals surface area contributed by atoms with Crippen molar-refractivity contribution >= 4 is 46.7 Å². The summed E-state index contributed by atoms with van der Waals surface area (Å²) in [6, 6.07) is 19.2. The van der Waals surface area contributed by atoms with Crippen molar-refractivity contribution < 1.29 is 64.8 Å². The summed E-state index contributed by atoms with van der Waals surface area (Å²) in [6.07, 6.45) is -3.94. The van der Waals surface area contributed by atoms with Crippen LogP contribution in [0.5, 0.6) is 11.5 Å². The van der Waals surface area contributed by atoms with E-state index in [9.17, 15) is 50.6 Å². The molecule has 1 N–H and O–H groups in total. The normalized spacial score (nSPS) is 17.5. The monoisotopic (exact) mass is 1120 g/mol. The predicted molar refractivity (Wildman–Crippen MR) is 290 cm³/mol. The first-order valence-electron chi connectivity index (χ1n) is 26.4. The molecule has 0 spiro atoms. The molecule has 4 aromatic rings. The molecule has 0 unspecified atom stereocenters. The van der Waals surface area contributed by atoms with Gasteiger partial charge in [-0.1, -0.05) is 59.4 Å². The molecule has 2 fully saturated rings. The Morgan fingerprint density at radius 3 is 1.53 bits per heavy atom. The summed E-state index contributed by atoms with van der Waals surface area (Å²) < 4.78 is 94.8. The van der Waals surface area contributed by atoms with Gasteiger partial charge < -0.3 is 29.1 Å². The van der Waals surface area contributed by atoms with Gasteiger partial charge in [0.15, 0.2) is 0 Å². The summed E-state index contributed by atoms with van der Waals surface area (Å²) >= 11 is 5.51. The highest BCUT2D eigenvalue weighted by Gasteiger charge is 2.37. The van der Waals surface area contributed by atoms with Crippen LogP contribution in [-0.4, -0.2) is 104 Å². The second kappa shape index (κ2) is 28.3. The summed E-state index contributed by atoms with van der Waals surface area (Å²) in [6.45, 7) is 15.8. The number of benzene rings is 4. The van der Waals surface area contributed by atoms with Gasteiger partial charge >= 0.3 is 24.3 Å². The Morgan fingerprint density at radius 1 is 0.628 bits per heavy atom. The number of likely N-dealkylation sites (tertiary alicyclic amines) is 2. The number of hydrogen-bond acceptors (Lipinski definition) is 10. The van der Waals surface area contributed by atoms with E-state index in [1.165, 1.54) is 12.1 Å². The molecule has 0 aliphatic carbocycles. The van der Waals surface area contributed by atoms with Crippen molar-refractivity contribution in [3.8, 4) is 11.5 Å². The Morgan fingerprint density at radius 2 is 1.08 bits per heavy atom. The fourth-order valence-electron chi connectivity index (χ4n) is 10.3. The zero-order valence-corrected chi connectivity index (χ0v) is 45.5. The summed E-state index contributed by atoms with van der Waals surface area (Å²) in [5.74, 6) is -0.165. The molecular formula is C59H75ClF6N4O8. The molecular weight excluding hydrogens is 1040 g/mol. The highest BCUT2D eigenvalue weighted by atomic mass is 35.5. The minimum atomic E-state index is -4.42. The number of rotatable bonds is 14. The maximum absolute atomic E-state index is 13.5. The molecule has 4 heterocycles. The number of alkyl halides is 7. The van der Waals surface area contributed by atoms with Crippen LogP contribution >= 0.6 is 11.6 Å². The van der Waals surface area contributed by atoms with E-state index in [2.05, 4.69) is 0 Å². The fraction of sp³-hybridized carbons (Fsp3) is 0.525. The van der Waals surface area contributed by atoms with Gasteiger partial charge in [-0.15, -0.1) is 11.6 Å². The van der Waals surface area contributed by atoms with E-state index < -0.39 is 23.5 Å². The van der Waals surface area contributed by atoms with Gasteiger partial charge in [0.05, 0.1) is 49.3 Å². The van der Waals surface area contributed by atoms with E-state index in [4.69, 9.17) is 25.8 Å². The zero-order chi connectivity index (χ0) is 56.2. The number of nitrogens with zero attached hydrogens (tertiary/aromatic N) is 4. The van der Waals surface area contributed by atoms with E-state index >= 15 is 0 Å². The van der Waals surface area contributed by atoms with Gasteiger partial charge in [0.25, 0.3) is 0 Å². The Kier molecular flexibility index (Phi) is 22.9. The number of hydrogen-bond donors (Lipinski definition) is 1. The van der Waals surface area contributed by atoms with Crippen molar-refractivity contribution in [2.24, 2.45) is 11.8 Å². The van der Waals surface area contributed by atoms with Crippen molar-refractivity contribution in [3.05, 3.63) is 117 Å². The van der Waals surface area contributed by atoms with Gasteiger partial charge in [-0.05, 0) is 159 Å². The molecule has 0 radical (unpaired) electrons. The second-order valence-corrected chi connectivity index (χ2v) is 20.7. The molecule has 4 aliphatic heterocycles. The number of esters is 2. The topological polar surface area (TPSA) is 129 Å². The molecule has 78 heavy (non-hydrogen) atoms. The SMILES string of the molecule is C.CC(C)c1ccc(CCl)cc1C(F)(F)F.CCOC(=O)[C@@H]1CCCN(CC(=O)N2CCc3cc(O)ccc32)C1.CCOC(=O)[C@@H]1CCCN(CC(=O)N2CCc3cc(OCc4ccc(C(C)C)c(C(F)(F)F)c4)ccc32)C1. The summed E-state index contributed by atoms with van der Waals surface area (Å²) in [5.41, 5.74) is 4.00. The van der Waals surface area contributed by atoms with E-state index in [0.717, 1.165) is 79.8 Å². The lowest BCUT2D eigenvalue weighted by Crippen LogP contribution is -2.45. The molecule has 0 aromatic heterocycles. The van der Waals surface area contributed by atoms with Crippen LogP contribution in [0.25, 0.3) is 0 Å². The van der Waals surface area contributed by atoms with Gasteiger partial charge in [0.2, 0.25) is 11.8 Å². The van der Waals surface area contributed by atoms with Crippen molar-refractivity contribution in [1.82, 2.24) is 9.80 Å². The summed E-state index contributed by atoms with van der Waals surface area (Å²) in [7, 11) is 0. The lowest BCUT2D eigenvalue weighted by molar-refractivity contribution is -0.151. The van der Waals surface area contributed by atoms with Crippen LogP contribution < -0.4 is 14.5 Å². The van der Waals surface area contributed by atoms with Crippen molar-refractivity contribution in [2.45, 2.75) is 124 Å². The van der Waals surface area contributed by atoms with E-state index in [-0.39, 0.29) is 85.2 Å². The van der Waals surface area contributed by atoms with Crippen molar-refractivity contribution in [3.63, 3.8) is 0 Å². The number of phenolic OH excluding ortho intramolecular Hbond substituents is 1. The maximum Gasteiger partial charge on any atom is 0.416 e. The third-order valence-corrected chi connectivity index (χ3v) is 14.4. The van der Waals surface area contributed by atoms with E-state index in [1.807, 2.05) is 28.9 Å². The molecule has 4 aliphatic rings. The minimum Gasteiger partial charge on any atom is -0.508 e. The van der Waals surface area contributed by atoms with Crippen LogP contribution in [0, 0.1) is 11.8 Å². The van der Waals surface area contributed by atoms with Crippen LogP contribution in [0.4, 0.5) is 37.7 Å². The number of piperidine rings is 2. The van der Waals surface area contributed by atoms with E-state index in [1.54, 1.807) is 80.8 Å². The number of carbonyl (C=O) groups excluding carboxylic acids is 4. The largest absolute Gasteiger partial charge is 0.508 e. The molecule has 0 saturated carbocycles. The molecule has 12 nitrogen and oxygen atoms in total. The highest BCUT2D eigenvalue weighted by Crippen LogP contribution is 2.38. The molecule has 19 heteroatoms. The average molecular weight is 1120 g/mol. The lowest BCUT2D eigenvalue weighted by atomic mass is 9.95. The molecule has 4 aromatic carbocycles. The first-order valence-corrected chi connectivity index (χ1v) is 27.0. The standard InChI is InChI=1S/C29H35F3N2O4.C18H24N2O4.C11H12ClF3.CH4/c1-4-37-28(36)22-6-5-12-33(16-22)17-27(35)34-13-11-21-15-23(8-10-26(21)34)38-18-20-7-9-24(19(2)3)25(14-20)29(30,31)32;1-2-24-18(23)14-4-3-8-19(11-14)12-17(22)20-9-7-13-10-15(21)5-6-16(13)20;1-7(2)9-4-3-8(6-12)5-10(9)11(13,14)15;/h7-10,14-15,19,22H,4-6,11-13,16-18H2,1-3H3;5-6,10,14,21H,2-4,7-9,11-12H2,1H3;3-5,7H,6H2,1-2H3;1H4/t22-;14-;;/m11../s1. The molecule has 0 bridgehead atoms. The molecule has 2 saturated heterocycles. The Labute approximate surface area is 459 Å². The van der Waals surface area contributed by atoms with Crippen molar-refractivity contribution in [2.75, 3.05) is 75.4 Å². The van der Waals surface area contributed by atoms with Crippen LogP contribution in [-0.2, 0) is 66.3 Å². The van der Waals surface area contributed by atoms with Crippen LogP contribution in [0.15, 0.2) is 72.8 Å². The molecule has 2 amide bonds. The summed E-state index contributed by atoms with van der Waals surface area (Å²) in [5, 5.41) is 9.55. The first kappa shape index (κ1) is 63.0. The molecule has 428 valence electrons. The zero-order valence-electron chi connectivity index (χ0n) is 44.7.